The number of aliphatic hydroxyl groups excluding tert-OH is 1. The van der Waals surface area contributed by atoms with Crippen LogP contribution in [-0.2, 0) is 4.79 Å². The van der Waals surface area contributed by atoms with Gasteiger partial charge in [-0.15, -0.1) is 0 Å². The van der Waals surface area contributed by atoms with Gasteiger partial charge in [-0.1, -0.05) is 6.07 Å². The second-order valence-corrected chi connectivity index (χ2v) is 4.69. The first-order valence-corrected chi connectivity index (χ1v) is 6.16. The molecule has 0 spiro atoms. The van der Waals surface area contributed by atoms with Gasteiger partial charge < -0.3 is 15.3 Å². The van der Waals surface area contributed by atoms with Gasteiger partial charge in [0.25, 0.3) is 0 Å². The van der Waals surface area contributed by atoms with E-state index in [0.29, 0.717) is 19.5 Å². The molecule has 1 saturated heterocycles. The van der Waals surface area contributed by atoms with E-state index in [9.17, 15) is 13.6 Å². The van der Waals surface area contributed by atoms with Crippen molar-refractivity contribution in [2.45, 2.75) is 25.5 Å². The topological polar surface area (TPSA) is 52.6 Å². The Balaban J connectivity index is 2.04. The monoisotopic (exact) mass is 270 g/mol. The number of nitrogens with one attached hydrogen (secondary N) is 1. The molecule has 1 amide bonds. The van der Waals surface area contributed by atoms with E-state index < -0.39 is 23.6 Å². The van der Waals surface area contributed by atoms with Crippen molar-refractivity contribution in [2.75, 3.05) is 18.0 Å². The highest BCUT2D eigenvalue weighted by Crippen LogP contribution is 2.26. The third-order valence-electron chi connectivity index (χ3n) is 3.17. The highest BCUT2D eigenvalue weighted by molar-refractivity contribution is 5.80. The zero-order valence-corrected chi connectivity index (χ0v) is 10.6. The molecule has 2 rings (SSSR count). The molecular formula is C13H16F2N2O2. The maximum absolute atomic E-state index is 13.6. The van der Waals surface area contributed by atoms with Crippen molar-refractivity contribution in [3.63, 3.8) is 0 Å². The molecule has 19 heavy (non-hydrogen) atoms. The molecule has 0 aromatic heterocycles. The molecule has 1 fully saturated rings. The molecule has 1 aliphatic heterocycles. The van der Waals surface area contributed by atoms with Crippen LogP contribution in [0.25, 0.3) is 0 Å². The zero-order valence-electron chi connectivity index (χ0n) is 10.6. The summed E-state index contributed by atoms with van der Waals surface area (Å²) in [5.41, 5.74) is -0.0590. The molecule has 0 bridgehead atoms. The molecule has 4 nitrogen and oxygen atoms in total. The number of hydrogen-bond acceptors (Lipinski definition) is 3. The molecule has 1 aromatic rings. The summed E-state index contributed by atoms with van der Waals surface area (Å²) in [5, 5.41) is 11.7. The van der Waals surface area contributed by atoms with Gasteiger partial charge in [0, 0.05) is 19.1 Å². The van der Waals surface area contributed by atoms with Crippen LogP contribution < -0.4 is 10.2 Å². The summed E-state index contributed by atoms with van der Waals surface area (Å²) < 4.78 is 27.2. The van der Waals surface area contributed by atoms with Crippen LogP contribution in [0.5, 0.6) is 0 Å². The Morgan fingerprint density at radius 1 is 1.47 bits per heavy atom. The number of halogens is 2. The van der Waals surface area contributed by atoms with Gasteiger partial charge >= 0.3 is 0 Å². The molecule has 0 saturated carbocycles. The van der Waals surface area contributed by atoms with Gasteiger partial charge in [0.1, 0.15) is 23.4 Å². The van der Waals surface area contributed by atoms with Crippen molar-refractivity contribution >= 4 is 11.6 Å². The number of carbonyl (C=O) groups excluding carboxylic acids is 1. The van der Waals surface area contributed by atoms with Gasteiger partial charge in [-0.3, -0.25) is 4.79 Å². The normalized spacial score (nSPS) is 20.4. The Hall–Kier alpha value is -1.69. The van der Waals surface area contributed by atoms with Crippen LogP contribution in [-0.4, -0.2) is 36.2 Å². The fourth-order valence-corrected chi connectivity index (χ4v) is 2.19. The molecule has 2 atom stereocenters. The largest absolute Gasteiger partial charge is 0.384 e. The number of carbonyl (C=O) groups is 1. The van der Waals surface area contributed by atoms with Gasteiger partial charge in [0.05, 0.1) is 0 Å². The van der Waals surface area contributed by atoms with E-state index in [4.69, 9.17) is 5.11 Å². The van der Waals surface area contributed by atoms with Crippen molar-refractivity contribution in [2.24, 2.45) is 0 Å². The number of anilines is 1. The van der Waals surface area contributed by atoms with Crippen LogP contribution >= 0.6 is 0 Å². The number of amides is 1. The van der Waals surface area contributed by atoms with Crippen molar-refractivity contribution in [3.05, 3.63) is 29.8 Å². The van der Waals surface area contributed by atoms with Crippen LogP contribution in [0.4, 0.5) is 14.5 Å². The first-order chi connectivity index (χ1) is 8.99. The van der Waals surface area contributed by atoms with E-state index in [-0.39, 0.29) is 11.7 Å². The summed E-state index contributed by atoms with van der Waals surface area (Å²) in [6, 6.07) is 3.53. The van der Waals surface area contributed by atoms with Gasteiger partial charge in [0.2, 0.25) is 5.91 Å². The number of aliphatic hydroxyl groups is 1. The quantitative estimate of drug-likeness (QED) is 0.863. The minimum Gasteiger partial charge on any atom is -0.384 e. The molecule has 0 aliphatic carbocycles. The summed E-state index contributed by atoms with van der Waals surface area (Å²) in [5.74, 6) is -1.69. The van der Waals surface area contributed by atoms with Gasteiger partial charge in [-0.05, 0) is 25.5 Å². The van der Waals surface area contributed by atoms with Crippen molar-refractivity contribution in [1.29, 1.82) is 0 Å². The molecule has 1 heterocycles. The Kier molecular flexibility index (Phi) is 3.99. The maximum atomic E-state index is 13.6. The summed E-state index contributed by atoms with van der Waals surface area (Å²) in [4.78, 5) is 12.9. The van der Waals surface area contributed by atoms with Crippen LogP contribution in [0.1, 0.15) is 13.3 Å². The molecule has 2 unspecified atom stereocenters. The second-order valence-electron chi connectivity index (χ2n) is 4.69. The minimum absolute atomic E-state index is 0.0590. The Labute approximate surface area is 110 Å². The van der Waals surface area contributed by atoms with Crippen molar-refractivity contribution in [3.8, 4) is 0 Å². The first kappa shape index (κ1) is 13.7. The number of hydrogen-bond donors (Lipinski definition) is 2. The Bertz CT molecular complexity index is 459. The second kappa shape index (κ2) is 5.52. The SMILES string of the molecule is CC(O)C(=O)NC1CCN(c2c(F)cccc2F)C1. The van der Waals surface area contributed by atoms with E-state index in [0.717, 1.165) is 0 Å². The smallest absolute Gasteiger partial charge is 0.248 e. The van der Waals surface area contributed by atoms with E-state index in [1.54, 1.807) is 4.90 Å². The van der Waals surface area contributed by atoms with E-state index in [2.05, 4.69) is 5.32 Å². The Morgan fingerprint density at radius 3 is 2.68 bits per heavy atom. The maximum Gasteiger partial charge on any atom is 0.248 e. The van der Waals surface area contributed by atoms with Crippen LogP contribution in [0.15, 0.2) is 18.2 Å². The van der Waals surface area contributed by atoms with Gasteiger partial charge in [-0.2, -0.15) is 0 Å². The lowest BCUT2D eigenvalue weighted by Gasteiger charge is -2.20. The average Bonchev–Trinajstić information content (AvgIpc) is 2.77. The summed E-state index contributed by atoms with van der Waals surface area (Å²) in [7, 11) is 0. The molecule has 2 N–H and O–H groups in total. The van der Waals surface area contributed by atoms with Gasteiger partial charge in [-0.25, -0.2) is 8.78 Å². The number of nitrogens with zero attached hydrogens (tertiary/aromatic N) is 1. The van der Waals surface area contributed by atoms with Crippen molar-refractivity contribution < 1.29 is 18.7 Å². The van der Waals surface area contributed by atoms with Crippen LogP contribution in [0.2, 0.25) is 0 Å². The Morgan fingerprint density at radius 2 is 2.11 bits per heavy atom. The molecule has 1 aliphatic rings. The third-order valence-corrected chi connectivity index (χ3v) is 3.17. The zero-order chi connectivity index (χ0) is 14.0. The molecular weight excluding hydrogens is 254 g/mol. The fraction of sp³-hybridized carbons (Fsp3) is 0.462. The van der Waals surface area contributed by atoms with Crippen LogP contribution in [0.3, 0.4) is 0 Å². The highest BCUT2D eigenvalue weighted by Gasteiger charge is 2.28. The molecule has 0 radical (unpaired) electrons. The molecule has 1 aromatic carbocycles. The average molecular weight is 270 g/mol. The van der Waals surface area contributed by atoms with E-state index in [1.165, 1.54) is 25.1 Å². The standard InChI is InChI=1S/C13H16F2N2O2/c1-8(18)13(19)16-9-5-6-17(7-9)12-10(14)3-2-4-11(12)15/h2-4,8-9,18H,5-7H2,1H3,(H,16,19). The summed E-state index contributed by atoms with van der Waals surface area (Å²) in [6.45, 7) is 2.16. The predicted molar refractivity (Wildman–Crippen MR) is 66.8 cm³/mol. The number of para-hydroxylation sites is 1. The number of rotatable bonds is 3. The number of benzene rings is 1. The van der Waals surface area contributed by atoms with E-state index >= 15 is 0 Å². The third kappa shape index (κ3) is 3.01. The summed E-state index contributed by atoms with van der Waals surface area (Å²) in [6.07, 6.45) is -0.495. The minimum atomic E-state index is -1.08. The van der Waals surface area contributed by atoms with Gasteiger partial charge in [0.15, 0.2) is 0 Å². The lowest BCUT2D eigenvalue weighted by molar-refractivity contribution is -0.129. The van der Waals surface area contributed by atoms with E-state index in [1.807, 2.05) is 0 Å². The first-order valence-electron chi connectivity index (χ1n) is 6.16. The fourth-order valence-electron chi connectivity index (χ4n) is 2.19. The highest BCUT2D eigenvalue weighted by atomic mass is 19.1. The molecule has 104 valence electrons. The lowest BCUT2D eigenvalue weighted by atomic mass is 10.2. The summed E-state index contributed by atoms with van der Waals surface area (Å²) >= 11 is 0. The van der Waals surface area contributed by atoms with Crippen molar-refractivity contribution in [1.82, 2.24) is 5.32 Å². The predicted octanol–water partition coefficient (Wildman–Crippen LogP) is 1.04. The van der Waals surface area contributed by atoms with Crippen LogP contribution in [0, 0.1) is 11.6 Å². The molecule has 6 heteroatoms. The lowest BCUT2D eigenvalue weighted by Crippen LogP contribution is -2.41.